The number of ether oxygens (including phenoxy) is 3. The zero-order valence-electron chi connectivity index (χ0n) is 30.6. The Balaban J connectivity index is 1.43. The molecule has 0 bridgehead atoms. The van der Waals surface area contributed by atoms with Crippen LogP contribution in [0.4, 0.5) is 4.79 Å². The largest absolute Gasteiger partial charge is 0.497 e. The van der Waals surface area contributed by atoms with Crippen LogP contribution in [-0.4, -0.2) is 90.9 Å². The van der Waals surface area contributed by atoms with Crippen molar-refractivity contribution in [3.05, 3.63) is 43.1 Å². The number of nitrogens with zero attached hydrogens (tertiary/aromatic N) is 2. The van der Waals surface area contributed by atoms with Gasteiger partial charge in [0.1, 0.15) is 35.6 Å². The Kier molecular flexibility index (Phi) is 11.7. The fraction of sp³-hybridized carbons (Fsp3) is 0.595. The molecule has 3 fully saturated rings. The lowest BCUT2D eigenvalue weighted by Crippen LogP contribution is -2.63. The van der Waals surface area contributed by atoms with E-state index in [-0.39, 0.29) is 25.5 Å². The van der Waals surface area contributed by atoms with E-state index in [4.69, 9.17) is 14.2 Å². The standard InChI is InChI=1S/C37H51N5O9S/c1-7-37(8-2,34(45)41-52(47,48)27-14-11-15-27)40-31(43)29-21-26(50-32-28-17-16-25(49-6)20-23(28)18-19-38-32)22-42(29)33(44)30(36(3,4)5)39-35(46)51-24-12-9-10-13-24/h7,16-20,24,26-27,29-30H,1,8-15,21-22H2,2-6H3,(H,39,46)(H,40,43)(H,41,45)/t26-,29+,30-,37+/m1/s1. The minimum atomic E-state index is -3.97. The van der Waals surface area contributed by atoms with Gasteiger partial charge in [-0.25, -0.2) is 18.2 Å². The molecule has 4 amide bonds. The molecular formula is C37H51N5O9S. The van der Waals surface area contributed by atoms with Gasteiger partial charge in [0.15, 0.2) is 0 Å². The van der Waals surface area contributed by atoms with Gasteiger partial charge in [0.25, 0.3) is 5.91 Å². The molecular weight excluding hydrogens is 691 g/mol. The number of sulfonamides is 1. The van der Waals surface area contributed by atoms with Crippen LogP contribution in [0.15, 0.2) is 43.1 Å². The molecule has 1 aliphatic heterocycles. The number of amides is 4. The van der Waals surface area contributed by atoms with Crippen molar-refractivity contribution in [2.45, 2.75) is 121 Å². The highest BCUT2D eigenvalue weighted by atomic mass is 32.2. The van der Waals surface area contributed by atoms with Gasteiger partial charge in [-0.1, -0.05) is 40.2 Å². The van der Waals surface area contributed by atoms with Crippen LogP contribution in [0.25, 0.3) is 10.8 Å². The van der Waals surface area contributed by atoms with Gasteiger partial charge < -0.3 is 29.7 Å². The van der Waals surface area contributed by atoms with E-state index < -0.39 is 68.2 Å². The lowest BCUT2D eigenvalue weighted by atomic mass is 9.85. The van der Waals surface area contributed by atoms with Crippen LogP contribution in [0.5, 0.6) is 11.6 Å². The van der Waals surface area contributed by atoms with Gasteiger partial charge in [0.2, 0.25) is 27.7 Å². The Hall–Kier alpha value is -4.40. The summed E-state index contributed by atoms with van der Waals surface area (Å²) in [6, 6.07) is 4.97. The van der Waals surface area contributed by atoms with E-state index in [1.165, 1.54) is 11.0 Å². The minimum absolute atomic E-state index is 0.00804. The molecule has 0 unspecified atom stereocenters. The Labute approximate surface area is 305 Å². The van der Waals surface area contributed by atoms with Gasteiger partial charge >= 0.3 is 6.09 Å². The summed E-state index contributed by atoms with van der Waals surface area (Å²) in [5.74, 6) is -1.26. The summed E-state index contributed by atoms with van der Waals surface area (Å²) < 4.78 is 45.3. The summed E-state index contributed by atoms with van der Waals surface area (Å²) in [5, 5.41) is 6.30. The molecule has 3 aliphatic rings. The number of aromatic nitrogens is 1. The fourth-order valence-electron chi connectivity index (χ4n) is 6.89. The van der Waals surface area contributed by atoms with Crippen LogP contribution in [0.1, 0.15) is 85.5 Å². The predicted octanol–water partition coefficient (Wildman–Crippen LogP) is 4.12. The Morgan fingerprint density at radius 3 is 2.37 bits per heavy atom. The lowest BCUT2D eigenvalue weighted by Gasteiger charge is -2.36. The van der Waals surface area contributed by atoms with Crippen LogP contribution in [0, 0.1) is 5.41 Å². The summed E-state index contributed by atoms with van der Waals surface area (Å²) in [6.07, 6.45) is 6.17. The van der Waals surface area contributed by atoms with Crippen LogP contribution in [-0.2, 0) is 29.1 Å². The quantitative estimate of drug-likeness (QED) is 0.253. The molecule has 2 heterocycles. The Bertz CT molecular complexity index is 1780. The van der Waals surface area contributed by atoms with E-state index >= 15 is 0 Å². The number of nitrogens with one attached hydrogen (secondary N) is 3. The van der Waals surface area contributed by atoms with E-state index in [0.29, 0.717) is 29.9 Å². The molecule has 2 aromatic rings. The molecule has 5 rings (SSSR count). The van der Waals surface area contributed by atoms with E-state index in [9.17, 15) is 27.6 Å². The second-order valence-electron chi connectivity index (χ2n) is 15.0. The number of hydrogen-bond donors (Lipinski definition) is 3. The third-order valence-electron chi connectivity index (χ3n) is 10.4. The van der Waals surface area contributed by atoms with Crippen LogP contribution < -0.4 is 24.8 Å². The van der Waals surface area contributed by atoms with Crippen molar-refractivity contribution in [1.82, 2.24) is 25.2 Å². The number of rotatable bonds is 13. The molecule has 2 saturated carbocycles. The first kappa shape index (κ1) is 38.8. The first-order valence-corrected chi connectivity index (χ1v) is 19.5. The van der Waals surface area contributed by atoms with E-state index in [1.807, 2.05) is 18.2 Å². The maximum absolute atomic E-state index is 14.5. The predicted molar refractivity (Wildman–Crippen MR) is 194 cm³/mol. The molecule has 1 aromatic heterocycles. The highest BCUT2D eigenvalue weighted by Crippen LogP contribution is 2.33. The van der Waals surface area contributed by atoms with Crippen LogP contribution >= 0.6 is 0 Å². The summed E-state index contributed by atoms with van der Waals surface area (Å²) in [6.45, 7) is 10.7. The second-order valence-corrected chi connectivity index (χ2v) is 16.9. The topological polar surface area (TPSA) is 182 Å². The van der Waals surface area contributed by atoms with Crippen molar-refractivity contribution in [2.75, 3.05) is 13.7 Å². The molecule has 52 heavy (non-hydrogen) atoms. The maximum atomic E-state index is 14.5. The van der Waals surface area contributed by atoms with E-state index in [0.717, 1.165) is 37.5 Å². The molecule has 1 saturated heterocycles. The highest BCUT2D eigenvalue weighted by molar-refractivity contribution is 7.90. The van der Waals surface area contributed by atoms with Gasteiger partial charge in [0, 0.05) is 18.0 Å². The van der Waals surface area contributed by atoms with Gasteiger partial charge in [0.05, 0.1) is 18.9 Å². The molecule has 0 spiro atoms. The average Bonchev–Trinajstić information content (AvgIpc) is 3.74. The number of carbonyl (C=O) groups is 4. The number of fused-ring (bicyclic) bond motifs is 1. The fourth-order valence-corrected chi connectivity index (χ4v) is 8.45. The van der Waals surface area contributed by atoms with E-state index in [2.05, 4.69) is 26.9 Å². The number of methoxy groups -OCH3 is 1. The third kappa shape index (κ3) is 8.45. The average molecular weight is 742 g/mol. The first-order valence-electron chi connectivity index (χ1n) is 18.0. The third-order valence-corrected chi connectivity index (χ3v) is 12.2. The minimum Gasteiger partial charge on any atom is -0.497 e. The number of benzene rings is 1. The molecule has 284 valence electrons. The second kappa shape index (κ2) is 15.7. The molecule has 14 nitrogen and oxygen atoms in total. The number of likely N-dealkylation sites (tertiary alicyclic amines) is 1. The lowest BCUT2D eigenvalue weighted by molar-refractivity contribution is -0.143. The molecule has 2 aliphatic carbocycles. The van der Waals surface area contributed by atoms with Crippen molar-refractivity contribution in [1.29, 1.82) is 0 Å². The van der Waals surface area contributed by atoms with Gasteiger partial charge in [-0.2, -0.15) is 0 Å². The molecule has 15 heteroatoms. The van der Waals surface area contributed by atoms with Gasteiger partial charge in [-0.05, 0) is 80.0 Å². The monoisotopic (exact) mass is 741 g/mol. The molecule has 4 atom stereocenters. The van der Waals surface area contributed by atoms with Crippen LogP contribution in [0.3, 0.4) is 0 Å². The van der Waals surface area contributed by atoms with E-state index in [1.54, 1.807) is 47.1 Å². The number of carbonyl (C=O) groups excluding carboxylic acids is 4. The van der Waals surface area contributed by atoms with Gasteiger partial charge in [-0.15, -0.1) is 6.58 Å². The summed E-state index contributed by atoms with van der Waals surface area (Å²) in [4.78, 5) is 61.2. The van der Waals surface area contributed by atoms with Crippen molar-refractivity contribution in [3.8, 4) is 11.6 Å². The van der Waals surface area contributed by atoms with Crippen LogP contribution in [0.2, 0.25) is 0 Å². The Morgan fingerprint density at radius 2 is 1.77 bits per heavy atom. The summed E-state index contributed by atoms with van der Waals surface area (Å²) >= 11 is 0. The van der Waals surface area contributed by atoms with Crippen molar-refractivity contribution in [3.63, 3.8) is 0 Å². The SMILES string of the molecule is C=C[C@@](CC)(NC(=O)[C@@H]1C[C@@H](Oc2nccc3cc(OC)ccc23)CN1C(=O)[C@@H](NC(=O)OC1CCCC1)C(C)(C)C)C(=O)NS(=O)(=O)C1CCC1. The molecule has 1 aromatic carbocycles. The first-order chi connectivity index (χ1) is 24.6. The number of hydrogen-bond acceptors (Lipinski definition) is 10. The van der Waals surface area contributed by atoms with Crippen molar-refractivity contribution >= 4 is 44.6 Å². The zero-order valence-corrected chi connectivity index (χ0v) is 31.4. The number of pyridine rings is 1. The van der Waals surface area contributed by atoms with Crippen molar-refractivity contribution in [2.24, 2.45) is 5.41 Å². The molecule has 3 N–H and O–H groups in total. The zero-order chi connectivity index (χ0) is 37.8. The normalized spacial score (nSPS) is 21.4. The van der Waals surface area contributed by atoms with Gasteiger partial charge in [-0.3, -0.25) is 19.1 Å². The molecule has 0 radical (unpaired) electrons. The maximum Gasteiger partial charge on any atom is 0.408 e. The summed E-state index contributed by atoms with van der Waals surface area (Å²) in [7, 11) is -2.40. The highest BCUT2D eigenvalue weighted by Gasteiger charge is 2.49. The van der Waals surface area contributed by atoms with Crippen molar-refractivity contribution < 1.29 is 41.8 Å². The smallest absolute Gasteiger partial charge is 0.408 e. The summed E-state index contributed by atoms with van der Waals surface area (Å²) in [5.41, 5.74) is -2.60. The Morgan fingerprint density at radius 1 is 1.06 bits per heavy atom. The number of alkyl carbamates (subject to hydrolysis) is 1.